The second kappa shape index (κ2) is 8.22. The first kappa shape index (κ1) is 22.6. The molecule has 0 spiro atoms. The Labute approximate surface area is 221 Å². The minimum absolute atomic E-state index is 0.122. The van der Waals surface area contributed by atoms with Gasteiger partial charge in [0.1, 0.15) is 11.5 Å². The van der Waals surface area contributed by atoms with E-state index in [1.165, 1.54) is 24.4 Å². The van der Waals surface area contributed by atoms with Crippen LogP contribution in [0.4, 0.5) is 5.69 Å². The third kappa shape index (κ3) is 3.13. The van der Waals surface area contributed by atoms with Crippen LogP contribution in [0.25, 0.3) is 11.3 Å². The SMILES string of the molecule is O=C1[C@@H]2C3c4ccccc4C(c4ccccc43)[C@@H]2C(=O)N1/N=C\c1ccc(-c2cc([N+](=O)[O-])ccc2Cl)o1. The molecule has 3 aromatic carbocycles. The first-order chi connectivity index (χ1) is 18.4. The van der Waals surface area contributed by atoms with E-state index in [4.69, 9.17) is 16.0 Å². The summed E-state index contributed by atoms with van der Waals surface area (Å²) in [4.78, 5) is 37.9. The van der Waals surface area contributed by atoms with Crippen molar-refractivity contribution in [1.29, 1.82) is 0 Å². The monoisotopic (exact) mass is 523 g/mol. The molecular formula is C29H18ClN3O5. The van der Waals surface area contributed by atoms with E-state index in [9.17, 15) is 19.7 Å². The highest BCUT2D eigenvalue weighted by atomic mass is 35.5. The number of imide groups is 1. The molecule has 3 aliphatic carbocycles. The van der Waals surface area contributed by atoms with Crippen LogP contribution in [0.1, 0.15) is 39.8 Å². The standard InChI is InChI=1S/C29H18ClN3O5/c30-22-11-9-15(33(36)37)13-21(22)23-12-10-16(38-23)14-31-32-28(34)26-24-17-5-1-2-6-18(17)25(27(26)29(32)35)20-8-4-3-7-19(20)24/h1-14,24-27H/b31-14-/t24?,25?,26-,27+. The Hall–Kier alpha value is -4.56. The van der Waals surface area contributed by atoms with Gasteiger partial charge in [-0.05, 0) is 40.5 Å². The van der Waals surface area contributed by atoms with Gasteiger partial charge in [0.25, 0.3) is 17.5 Å². The van der Waals surface area contributed by atoms with E-state index in [0.717, 1.165) is 27.3 Å². The van der Waals surface area contributed by atoms with Crippen LogP contribution < -0.4 is 0 Å². The van der Waals surface area contributed by atoms with E-state index in [1.54, 1.807) is 12.1 Å². The molecule has 9 heteroatoms. The van der Waals surface area contributed by atoms with Crippen LogP contribution in [-0.2, 0) is 9.59 Å². The molecule has 0 N–H and O–H groups in total. The molecule has 2 heterocycles. The number of non-ortho nitro benzene ring substituents is 1. The van der Waals surface area contributed by atoms with E-state index in [2.05, 4.69) is 5.10 Å². The molecule has 0 unspecified atom stereocenters. The zero-order chi connectivity index (χ0) is 26.1. The van der Waals surface area contributed by atoms with Crippen molar-refractivity contribution in [2.75, 3.05) is 0 Å². The second-order valence-electron chi connectivity index (χ2n) is 9.62. The highest BCUT2D eigenvalue weighted by molar-refractivity contribution is 6.33. The summed E-state index contributed by atoms with van der Waals surface area (Å²) in [5.41, 5.74) is 4.60. The van der Waals surface area contributed by atoms with Crippen LogP contribution in [0, 0.1) is 22.0 Å². The smallest absolute Gasteiger partial charge is 0.270 e. The Morgan fingerprint density at radius 3 is 1.92 bits per heavy atom. The Bertz CT molecular complexity index is 1590. The lowest BCUT2D eigenvalue weighted by Gasteiger charge is -2.45. The van der Waals surface area contributed by atoms with Crippen molar-refractivity contribution in [3.8, 4) is 11.3 Å². The summed E-state index contributed by atoms with van der Waals surface area (Å²) < 4.78 is 5.78. The molecule has 4 aromatic rings. The lowest BCUT2D eigenvalue weighted by molar-refractivity contribution is -0.384. The molecule has 2 bridgehead atoms. The van der Waals surface area contributed by atoms with E-state index in [-0.39, 0.29) is 40.1 Å². The van der Waals surface area contributed by atoms with Gasteiger partial charge in [-0.15, -0.1) is 0 Å². The minimum atomic E-state index is -0.523. The van der Waals surface area contributed by atoms with E-state index >= 15 is 0 Å². The van der Waals surface area contributed by atoms with Crippen molar-refractivity contribution < 1.29 is 18.9 Å². The fraction of sp³-hybridized carbons (Fsp3) is 0.138. The van der Waals surface area contributed by atoms with Gasteiger partial charge in [-0.25, -0.2) is 0 Å². The van der Waals surface area contributed by atoms with Crippen molar-refractivity contribution in [3.63, 3.8) is 0 Å². The average molecular weight is 524 g/mol. The van der Waals surface area contributed by atoms with Gasteiger partial charge < -0.3 is 4.42 Å². The largest absolute Gasteiger partial charge is 0.455 e. The number of hydrogen-bond donors (Lipinski definition) is 0. The number of nitrogens with zero attached hydrogens (tertiary/aromatic N) is 3. The summed E-state index contributed by atoms with van der Waals surface area (Å²) >= 11 is 6.23. The molecule has 38 heavy (non-hydrogen) atoms. The van der Waals surface area contributed by atoms with Crippen LogP contribution in [0.5, 0.6) is 0 Å². The summed E-state index contributed by atoms with van der Waals surface area (Å²) in [7, 11) is 0. The van der Waals surface area contributed by atoms with Crippen LogP contribution in [0.3, 0.4) is 0 Å². The van der Waals surface area contributed by atoms with Crippen LogP contribution in [-0.4, -0.2) is 28.0 Å². The molecule has 0 saturated carbocycles. The predicted molar refractivity (Wildman–Crippen MR) is 139 cm³/mol. The van der Waals surface area contributed by atoms with Crippen molar-refractivity contribution in [2.45, 2.75) is 11.8 Å². The van der Waals surface area contributed by atoms with Gasteiger partial charge in [0.2, 0.25) is 0 Å². The number of carbonyl (C=O) groups is 2. The molecule has 186 valence electrons. The van der Waals surface area contributed by atoms with Crippen LogP contribution in [0.2, 0.25) is 5.02 Å². The van der Waals surface area contributed by atoms with Crippen molar-refractivity contribution in [3.05, 3.63) is 122 Å². The van der Waals surface area contributed by atoms with E-state index < -0.39 is 16.8 Å². The molecule has 4 aliphatic rings. The average Bonchev–Trinajstić information content (AvgIpc) is 3.50. The van der Waals surface area contributed by atoms with Crippen molar-refractivity contribution in [2.24, 2.45) is 16.9 Å². The van der Waals surface area contributed by atoms with Crippen LogP contribution >= 0.6 is 11.6 Å². The summed E-state index contributed by atoms with van der Waals surface area (Å²) in [6, 6.07) is 23.3. The third-order valence-corrected chi connectivity index (χ3v) is 8.11. The molecule has 8 nitrogen and oxygen atoms in total. The third-order valence-electron chi connectivity index (χ3n) is 7.78. The number of benzene rings is 3. The van der Waals surface area contributed by atoms with Gasteiger partial charge in [0.15, 0.2) is 0 Å². The first-order valence-corrected chi connectivity index (χ1v) is 12.5. The lowest BCUT2D eigenvalue weighted by atomic mass is 9.55. The normalized spacial score (nSPS) is 23.0. The van der Waals surface area contributed by atoms with E-state index in [0.29, 0.717) is 11.3 Å². The zero-order valence-electron chi connectivity index (χ0n) is 19.7. The molecule has 2 atom stereocenters. The fourth-order valence-electron chi connectivity index (χ4n) is 6.27. The fourth-order valence-corrected chi connectivity index (χ4v) is 6.48. The molecule has 8 rings (SSSR count). The molecular weight excluding hydrogens is 506 g/mol. The molecule has 1 aromatic heterocycles. The van der Waals surface area contributed by atoms with Gasteiger partial charge >= 0.3 is 0 Å². The van der Waals surface area contributed by atoms with Gasteiger partial charge in [-0.1, -0.05) is 60.1 Å². The van der Waals surface area contributed by atoms with Gasteiger partial charge in [0, 0.05) is 29.5 Å². The summed E-state index contributed by atoms with van der Waals surface area (Å²) in [6.45, 7) is 0. The topological polar surface area (TPSA) is 106 Å². The summed E-state index contributed by atoms with van der Waals surface area (Å²) in [5, 5.41) is 16.7. The van der Waals surface area contributed by atoms with Crippen molar-refractivity contribution in [1.82, 2.24) is 5.01 Å². The lowest BCUT2D eigenvalue weighted by Crippen LogP contribution is -2.41. The predicted octanol–water partition coefficient (Wildman–Crippen LogP) is 5.73. The molecule has 0 radical (unpaired) electrons. The second-order valence-corrected chi connectivity index (χ2v) is 10.0. The highest BCUT2D eigenvalue weighted by Gasteiger charge is 2.61. The molecule has 1 aliphatic heterocycles. The number of amides is 2. The maximum absolute atomic E-state index is 13.6. The Kier molecular flexibility index (Phi) is 4.90. The maximum atomic E-state index is 13.6. The molecule has 1 saturated heterocycles. The van der Waals surface area contributed by atoms with Crippen molar-refractivity contribution >= 4 is 35.3 Å². The highest BCUT2D eigenvalue weighted by Crippen LogP contribution is 2.60. The quantitative estimate of drug-likeness (QED) is 0.147. The van der Waals surface area contributed by atoms with E-state index in [1.807, 2.05) is 48.5 Å². The number of nitro benzene ring substituents is 1. The van der Waals surface area contributed by atoms with Gasteiger partial charge in [-0.3, -0.25) is 19.7 Å². The number of nitro groups is 1. The van der Waals surface area contributed by atoms with Gasteiger partial charge in [0.05, 0.1) is 28.0 Å². The number of hydrogen-bond acceptors (Lipinski definition) is 6. The minimum Gasteiger partial charge on any atom is -0.455 e. The number of hydrazone groups is 1. The first-order valence-electron chi connectivity index (χ1n) is 12.1. The Balaban J connectivity index is 1.22. The van der Waals surface area contributed by atoms with Gasteiger partial charge in [-0.2, -0.15) is 10.1 Å². The number of halogens is 1. The Morgan fingerprint density at radius 1 is 0.842 bits per heavy atom. The number of furan rings is 1. The zero-order valence-corrected chi connectivity index (χ0v) is 20.4. The summed E-state index contributed by atoms with van der Waals surface area (Å²) in [5.74, 6) is -1.55. The molecule has 2 amide bonds. The molecule has 1 fully saturated rings. The number of rotatable bonds is 4. The summed E-state index contributed by atoms with van der Waals surface area (Å²) in [6.07, 6.45) is 1.31. The Morgan fingerprint density at radius 2 is 1.39 bits per heavy atom. The van der Waals surface area contributed by atoms with Crippen LogP contribution in [0.15, 0.2) is 88.4 Å². The number of carbonyl (C=O) groups excluding carboxylic acids is 2. The maximum Gasteiger partial charge on any atom is 0.270 e.